The van der Waals surface area contributed by atoms with Crippen LogP contribution in [0.1, 0.15) is 40.8 Å². The third kappa shape index (κ3) is 3.31. The molecule has 0 amide bonds. The average Bonchev–Trinajstić information content (AvgIpc) is 2.40. The molecule has 2 heteroatoms. The van der Waals surface area contributed by atoms with Gasteiger partial charge in [-0.15, -0.1) is 0 Å². The van der Waals surface area contributed by atoms with E-state index < -0.39 is 0 Å². The Labute approximate surface area is 130 Å². The second kappa shape index (κ2) is 6.55. The summed E-state index contributed by atoms with van der Waals surface area (Å²) in [5, 5.41) is 3.61. The number of halogens is 1. The quantitative estimate of drug-likeness (QED) is 0.824. The van der Waals surface area contributed by atoms with Crippen molar-refractivity contribution in [1.29, 1.82) is 0 Å². The van der Waals surface area contributed by atoms with Crippen molar-refractivity contribution in [3.63, 3.8) is 0 Å². The lowest BCUT2D eigenvalue weighted by molar-refractivity contribution is 0.625. The fourth-order valence-corrected chi connectivity index (χ4v) is 3.10. The van der Waals surface area contributed by atoms with Crippen molar-refractivity contribution in [3.05, 3.63) is 68.7 Å². The van der Waals surface area contributed by atoms with Crippen molar-refractivity contribution < 1.29 is 0 Å². The van der Waals surface area contributed by atoms with E-state index in [0.29, 0.717) is 0 Å². The van der Waals surface area contributed by atoms with Gasteiger partial charge in [-0.1, -0.05) is 64.3 Å². The van der Waals surface area contributed by atoms with Crippen LogP contribution in [-0.2, 0) is 0 Å². The molecule has 0 aliphatic heterocycles. The van der Waals surface area contributed by atoms with Crippen LogP contribution < -0.4 is 5.32 Å². The van der Waals surface area contributed by atoms with Crippen LogP contribution in [0.15, 0.2) is 40.9 Å². The Morgan fingerprint density at radius 3 is 2.25 bits per heavy atom. The van der Waals surface area contributed by atoms with Crippen LogP contribution in [0.5, 0.6) is 0 Å². The monoisotopic (exact) mass is 331 g/mol. The molecule has 2 aromatic rings. The first-order valence-electron chi connectivity index (χ1n) is 7.09. The van der Waals surface area contributed by atoms with Crippen LogP contribution in [0.3, 0.4) is 0 Å². The van der Waals surface area contributed by atoms with Crippen LogP contribution in [-0.4, -0.2) is 6.54 Å². The van der Waals surface area contributed by atoms with E-state index in [1.54, 1.807) is 0 Å². The largest absolute Gasteiger partial charge is 0.306 e. The second-order valence-electron chi connectivity index (χ2n) is 5.38. The molecule has 106 valence electrons. The summed E-state index contributed by atoms with van der Waals surface area (Å²) in [7, 11) is 0. The Morgan fingerprint density at radius 1 is 0.950 bits per heavy atom. The summed E-state index contributed by atoms with van der Waals surface area (Å²) >= 11 is 3.70. The van der Waals surface area contributed by atoms with Crippen molar-refractivity contribution in [2.75, 3.05) is 6.54 Å². The average molecular weight is 332 g/mol. The first-order chi connectivity index (χ1) is 9.52. The lowest BCUT2D eigenvalue weighted by Gasteiger charge is -2.23. The standard InChI is InChI=1S/C18H22BrN/c1-5-20-18(15-8-6-12(2)10-14(15)4)16-11-13(3)7-9-17(16)19/h6-11,18,20H,5H2,1-4H3. The highest BCUT2D eigenvalue weighted by Gasteiger charge is 2.17. The second-order valence-corrected chi connectivity index (χ2v) is 6.23. The highest BCUT2D eigenvalue weighted by atomic mass is 79.9. The molecule has 1 N–H and O–H groups in total. The molecular formula is C18H22BrN. The van der Waals surface area contributed by atoms with Gasteiger partial charge in [0.05, 0.1) is 6.04 Å². The molecule has 0 aliphatic rings. The van der Waals surface area contributed by atoms with Gasteiger partial charge >= 0.3 is 0 Å². The number of nitrogens with one attached hydrogen (secondary N) is 1. The molecule has 1 nitrogen and oxygen atoms in total. The van der Waals surface area contributed by atoms with E-state index in [1.165, 1.54) is 27.8 Å². The van der Waals surface area contributed by atoms with E-state index in [1.807, 2.05) is 0 Å². The Bertz CT molecular complexity index is 604. The van der Waals surface area contributed by atoms with Crippen LogP contribution in [0.4, 0.5) is 0 Å². The van der Waals surface area contributed by atoms with Gasteiger partial charge in [-0.05, 0) is 50.1 Å². The SMILES string of the molecule is CCNC(c1ccc(C)cc1C)c1cc(C)ccc1Br. The highest BCUT2D eigenvalue weighted by Crippen LogP contribution is 2.31. The lowest BCUT2D eigenvalue weighted by Crippen LogP contribution is -2.23. The number of aryl methyl sites for hydroxylation is 3. The third-order valence-corrected chi connectivity index (χ3v) is 4.33. The van der Waals surface area contributed by atoms with Gasteiger partial charge in [0.15, 0.2) is 0 Å². The highest BCUT2D eigenvalue weighted by molar-refractivity contribution is 9.10. The first-order valence-corrected chi connectivity index (χ1v) is 7.88. The van der Waals surface area contributed by atoms with E-state index in [-0.39, 0.29) is 6.04 Å². The first kappa shape index (κ1) is 15.3. The summed E-state index contributed by atoms with van der Waals surface area (Å²) < 4.78 is 1.16. The molecule has 0 aromatic heterocycles. The Kier molecular flexibility index (Phi) is 5.00. The van der Waals surface area contributed by atoms with E-state index in [2.05, 4.69) is 85.3 Å². The summed E-state index contributed by atoms with van der Waals surface area (Å²) in [4.78, 5) is 0. The predicted molar refractivity (Wildman–Crippen MR) is 90.3 cm³/mol. The zero-order valence-electron chi connectivity index (χ0n) is 12.6. The molecule has 0 saturated heterocycles. The van der Waals surface area contributed by atoms with Gasteiger partial charge in [0.1, 0.15) is 0 Å². The molecule has 1 unspecified atom stereocenters. The molecule has 2 aromatic carbocycles. The van der Waals surface area contributed by atoms with Gasteiger partial charge in [0, 0.05) is 4.47 Å². The van der Waals surface area contributed by atoms with Crippen LogP contribution in [0, 0.1) is 20.8 Å². The molecule has 2 rings (SSSR count). The summed E-state index contributed by atoms with van der Waals surface area (Å²) in [6.07, 6.45) is 0. The third-order valence-electron chi connectivity index (χ3n) is 3.61. The number of rotatable bonds is 4. The summed E-state index contributed by atoms with van der Waals surface area (Å²) in [6, 6.07) is 13.5. The maximum absolute atomic E-state index is 3.70. The molecule has 0 heterocycles. The molecule has 0 radical (unpaired) electrons. The normalized spacial score (nSPS) is 12.4. The number of hydrogen-bond acceptors (Lipinski definition) is 1. The molecular weight excluding hydrogens is 310 g/mol. The van der Waals surface area contributed by atoms with Gasteiger partial charge in [-0.2, -0.15) is 0 Å². The predicted octanol–water partition coefficient (Wildman–Crippen LogP) is 5.07. The minimum absolute atomic E-state index is 0.231. The van der Waals surface area contributed by atoms with Crippen molar-refractivity contribution in [1.82, 2.24) is 5.32 Å². The number of hydrogen-bond donors (Lipinski definition) is 1. The number of benzene rings is 2. The smallest absolute Gasteiger partial charge is 0.0590 e. The van der Waals surface area contributed by atoms with Crippen molar-refractivity contribution >= 4 is 15.9 Å². The molecule has 0 aliphatic carbocycles. The van der Waals surface area contributed by atoms with Crippen molar-refractivity contribution in [2.24, 2.45) is 0 Å². The Balaban J connectivity index is 2.53. The van der Waals surface area contributed by atoms with E-state index in [4.69, 9.17) is 0 Å². The minimum atomic E-state index is 0.231. The lowest BCUT2D eigenvalue weighted by atomic mass is 9.93. The molecule has 1 atom stereocenters. The minimum Gasteiger partial charge on any atom is -0.306 e. The fourth-order valence-electron chi connectivity index (χ4n) is 2.63. The van der Waals surface area contributed by atoms with Gasteiger partial charge in [-0.25, -0.2) is 0 Å². The van der Waals surface area contributed by atoms with Crippen LogP contribution >= 0.6 is 15.9 Å². The van der Waals surface area contributed by atoms with Gasteiger partial charge in [0.25, 0.3) is 0 Å². The summed E-state index contributed by atoms with van der Waals surface area (Å²) in [5.41, 5.74) is 6.59. The van der Waals surface area contributed by atoms with Gasteiger partial charge in [0.2, 0.25) is 0 Å². The molecule has 0 saturated carbocycles. The van der Waals surface area contributed by atoms with Gasteiger partial charge in [-0.3, -0.25) is 0 Å². The summed E-state index contributed by atoms with van der Waals surface area (Å²) in [5.74, 6) is 0. The molecule has 0 bridgehead atoms. The van der Waals surface area contributed by atoms with Crippen molar-refractivity contribution in [2.45, 2.75) is 33.7 Å². The van der Waals surface area contributed by atoms with E-state index in [9.17, 15) is 0 Å². The van der Waals surface area contributed by atoms with Crippen LogP contribution in [0.25, 0.3) is 0 Å². The molecule has 0 spiro atoms. The van der Waals surface area contributed by atoms with Crippen molar-refractivity contribution in [3.8, 4) is 0 Å². The van der Waals surface area contributed by atoms with Gasteiger partial charge < -0.3 is 5.32 Å². The van der Waals surface area contributed by atoms with E-state index in [0.717, 1.165) is 11.0 Å². The maximum atomic E-state index is 3.70. The zero-order chi connectivity index (χ0) is 14.7. The molecule has 20 heavy (non-hydrogen) atoms. The summed E-state index contributed by atoms with van der Waals surface area (Å²) in [6.45, 7) is 9.57. The maximum Gasteiger partial charge on any atom is 0.0590 e. The van der Waals surface area contributed by atoms with Crippen LogP contribution in [0.2, 0.25) is 0 Å². The Hall–Kier alpha value is -1.12. The van der Waals surface area contributed by atoms with E-state index >= 15 is 0 Å². The fraction of sp³-hybridized carbons (Fsp3) is 0.333. The molecule has 0 fully saturated rings. The topological polar surface area (TPSA) is 12.0 Å². The Morgan fingerprint density at radius 2 is 1.60 bits per heavy atom. The zero-order valence-corrected chi connectivity index (χ0v) is 14.2.